The molecule has 6 heteroatoms. The van der Waals surface area contributed by atoms with Crippen molar-refractivity contribution in [3.8, 4) is 11.3 Å². The lowest BCUT2D eigenvalue weighted by Gasteiger charge is -2.01. The van der Waals surface area contributed by atoms with E-state index in [1.165, 1.54) is 5.56 Å². The summed E-state index contributed by atoms with van der Waals surface area (Å²) >= 11 is 11.4. The van der Waals surface area contributed by atoms with E-state index in [0.717, 1.165) is 5.56 Å². The SMILES string of the molecule is Cc1ccc(-c2cc(NC(=O)C3C(C=C(Cl)Cl)C3(C)C)on2)cc1. The van der Waals surface area contributed by atoms with Crippen LogP contribution >= 0.6 is 23.2 Å². The number of hydrogen-bond acceptors (Lipinski definition) is 3. The Kier molecular flexibility index (Phi) is 4.45. The molecule has 0 radical (unpaired) electrons. The third kappa shape index (κ3) is 3.35. The minimum absolute atomic E-state index is 0.0157. The van der Waals surface area contributed by atoms with Crippen molar-refractivity contribution in [2.75, 3.05) is 5.32 Å². The number of allylic oxidation sites excluding steroid dienone is 1. The van der Waals surface area contributed by atoms with Crippen LogP contribution in [0.3, 0.4) is 0 Å². The summed E-state index contributed by atoms with van der Waals surface area (Å²) in [5.74, 6) is 0.0281. The van der Waals surface area contributed by atoms with E-state index in [4.69, 9.17) is 27.7 Å². The molecule has 0 spiro atoms. The van der Waals surface area contributed by atoms with E-state index in [0.29, 0.717) is 11.6 Å². The molecular weight excluding hydrogens is 347 g/mol. The molecule has 0 bridgehead atoms. The minimum atomic E-state index is -0.196. The van der Waals surface area contributed by atoms with Gasteiger partial charge in [0.15, 0.2) is 0 Å². The molecule has 1 heterocycles. The first-order valence-corrected chi connectivity index (χ1v) is 8.42. The van der Waals surface area contributed by atoms with E-state index in [-0.39, 0.29) is 27.6 Å². The number of carbonyl (C=O) groups excluding carboxylic acids is 1. The highest BCUT2D eigenvalue weighted by atomic mass is 35.5. The Balaban J connectivity index is 1.70. The molecule has 1 amide bonds. The maximum absolute atomic E-state index is 12.5. The molecule has 2 unspecified atom stereocenters. The van der Waals surface area contributed by atoms with Crippen molar-refractivity contribution in [2.24, 2.45) is 17.3 Å². The van der Waals surface area contributed by atoms with Gasteiger partial charge in [0.2, 0.25) is 11.8 Å². The van der Waals surface area contributed by atoms with Crippen molar-refractivity contribution in [2.45, 2.75) is 20.8 Å². The molecule has 1 aromatic heterocycles. The summed E-state index contributed by atoms with van der Waals surface area (Å²) in [7, 11) is 0. The summed E-state index contributed by atoms with van der Waals surface area (Å²) in [6.07, 6.45) is 1.71. The molecule has 24 heavy (non-hydrogen) atoms. The fourth-order valence-electron chi connectivity index (χ4n) is 3.02. The van der Waals surface area contributed by atoms with Crippen LogP contribution in [0.2, 0.25) is 0 Å². The quantitative estimate of drug-likeness (QED) is 0.812. The van der Waals surface area contributed by atoms with Crippen LogP contribution in [-0.2, 0) is 4.79 Å². The number of nitrogens with zero attached hydrogens (tertiary/aromatic N) is 1. The maximum atomic E-state index is 12.5. The Bertz CT molecular complexity index is 790. The molecule has 4 nitrogen and oxygen atoms in total. The van der Waals surface area contributed by atoms with Crippen molar-refractivity contribution in [1.29, 1.82) is 0 Å². The summed E-state index contributed by atoms with van der Waals surface area (Å²) in [6, 6.07) is 9.65. The number of rotatable bonds is 4. The largest absolute Gasteiger partial charge is 0.338 e. The predicted molar refractivity (Wildman–Crippen MR) is 95.9 cm³/mol. The van der Waals surface area contributed by atoms with Crippen LogP contribution in [0.25, 0.3) is 11.3 Å². The fraction of sp³-hybridized carbons (Fsp3) is 0.333. The third-order valence-corrected chi connectivity index (χ3v) is 4.85. The van der Waals surface area contributed by atoms with Gasteiger partial charge in [-0.15, -0.1) is 0 Å². The van der Waals surface area contributed by atoms with Gasteiger partial charge < -0.3 is 4.52 Å². The van der Waals surface area contributed by atoms with Gasteiger partial charge in [0, 0.05) is 11.6 Å². The highest BCUT2D eigenvalue weighted by molar-refractivity contribution is 6.55. The Morgan fingerprint density at radius 1 is 1.29 bits per heavy atom. The number of nitrogens with one attached hydrogen (secondary N) is 1. The molecule has 1 aliphatic carbocycles. The normalized spacial score (nSPS) is 21.2. The number of carbonyl (C=O) groups is 1. The molecule has 1 aliphatic rings. The molecule has 1 N–H and O–H groups in total. The maximum Gasteiger partial charge on any atom is 0.231 e. The van der Waals surface area contributed by atoms with Gasteiger partial charge in [-0.2, -0.15) is 0 Å². The van der Waals surface area contributed by atoms with Gasteiger partial charge in [0.1, 0.15) is 10.2 Å². The van der Waals surface area contributed by atoms with Gasteiger partial charge in [0.25, 0.3) is 0 Å². The fourth-order valence-corrected chi connectivity index (χ4v) is 3.29. The lowest BCUT2D eigenvalue weighted by atomic mass is 10.1. The van der Waals surface area contributed by atoms with Crippen molar-refractivity contribution in [3.05, 3.63) is 46.5 Å². The van der Waals surface area contributed by atoms with Crippen LogP contribution in [0.5, 0.6) is 0 Å². The molecule has 0 aliphatic heterocycles. The zero-order valence-electron chi connectivity index (χ0n) is 13.6. The Labute approximate surface area is 150 Å². The predicted octanol–water partition coefficient (Wildman–Crippen LogP) is 5.18. The molecule has 2 atom stereocenters. The molecule has 3 rings (SSSR count). The van der Waals surface area contributed by atoms with Crippen molar-refractivity contribution < 1.29 is 9.32 Å². The van der Waals surface area contributed by atoms with Gasteiger partial charge in [-0.3, -0.25) is 10.1 Å². The average molecular weight is 365 g/mol. The number of anilines is 1. The van der Waals surface area contributed by atoms with Crippen molar-refractivity contribution in [1.82, 2.24) is 5.16 Å². The first kappa shape index (κ1) is 17.1. The Morgan fingerprint density at radius 2 is 1.96 bits per heavy atom. The van der Waals surface area contributed by atoms with Crippen molar-refractivity contribution >= 4 is 35.0 Å². The summed E-state index contributed by atoms with van der Waals surface area (Å²) in [5.41, 5.74) is 2.61. The summed E-state index contributed by atoms with van der Waals surface area (Å²) in [4.78, 5) is 12.5. The molecular formula is C18H18Cl2N2O2. The van der Waals surface area contributed by atoms with E-state index in [2.05, 4.69) is 10.5 Å². The smallest absolute Gasteiger partial charge is 0.231 e. The van der Waals surface area contributed by atoms with Crippen LogP contribution in [0.4, 0.5) is 5.88 Å². The number of halogens is 2. The van der Waals surface area contributed by atoms with E-state index in [9.17, 15) is 4.79 Å². The second-order valence-electron chi connectivity index (χ2n) is 6.71. The zero-order valence-corrected chi connectivity index (χ0v) is 15.2. The Morgan fingerprint density at radius 3 is 2.58 bits per heavy atom. The lowest BCUT2D eigenvalue weighted by molar-refractivity contribution is -0.118. The summed E-state index contributed by atoms with van der Waals surface area (Å²) in [5, 5.41) is 6.79. The average Bonchev–Trinajstić information content (AvgIpc) is 2.84. The molecule has 1 aromatic carbocycles. The molecule has 2 aromatic rings. The van der Waals surface area contributed by atoms with Crippen LogP contribution in [0.1, 0.15) is 19.4 Å². The Hall–Kier alpha value is -1.78. The van der Waals surface area contributed by atoms with Crippen LogP contribution in [0.15, 0.2) is 45.4 Å². The second kappa shape index (κ2) is 6.26. The number of benzene rings is 1. The number of hydrogen-bond donors (Lipinski definition) is 1. The van der Waals surface area contributed by atoms with Gasteiger partial charge >= 0.3 is 0 Å². The van der Waals surface area contributed by atoms with Crippen LogP contribution in [0, 0.1) is 24.2 Å². The summed E-state index contributed by atoms with van der Waals surface area (Å²) in [6.45, 7) is 6.04. The molecule has 1 fully saturated rings. The number of aryl methyl sites for hydroxylation is 1. The number of amides is 1. The monoisotopic (exact) mass is 364 g/mol. The van der Waals surface area contributed by atoms with E-state index >= 15 is 0 Å². The van der Waals surface area contributed by atoms with Crippen LogP contribution in [-0.4, -0.2) is 11.1 Å². The van der Waals surface area contributed by atoms with Gasteiger partial charge in [-0.1, -0.05) is 72.0 Å². The highest BCUT2D eigenvalue weighted by Gasteiger charge is 2.60. The van der Waals surface area contributed by atoms with Crippen molar-refractivity contribution in [3.63, 3.8) is 0 Å². The standard InChI is InChI=1S/C18H18Cl2N2O2/c1-10-4-6-11(7-5-10)13-9-15(24-22-13)21-17(23)16-12(8-14(19)20)18(16,2)3/h4-9,12,16H,1-3H3,(H,21,23). The molecule has 0 saturated heterocycles. The molecule has 1 saturated carbocycles. The topological polar surface area (TPSA) is 55.1 Å². The van der Waals surface area contributed by atoms with Gasteiger partial charge in [-0.05, 0) is 24.3 Å². The highest BCUT2D eigenvalue weighted by Crippen LogP contribution is 2.60. The van der Waals surface area contributed by atoms with Gasteiger partial charge in [-0.25, -0.2) is 0 Å². The minimum Gasteiger partial charge on any atom is -0.338 e. The first-order valence-electron chi connectivity index (χ1n) is 7.66. The number of aromatic nitrogens is 1. The van der Waals surface area contributed by atoms with E-state index in [1.54, 1.807) is 12.1 Å². The summed E-state index contributed by atoms with van der Waals surface area (Å²) < 4.78 is 5.42. The zero-order chi connectivity index (χ0) is 17.5. The van der Waals surface area contributed by atoms with E-state index in [1.807, 2.05) is 45.0 Å². The second-order valence-corrected chi connectivity index (χ2v) is 7.72. The first-order chi connectivity index (χ1) is 11.3. The third-order valence-electron chi connectivity index (χ3n) is 4.60. The van der Waals surface area contributed by atoms with Gasteiger partial charge in [0.05, 0.1) is 5.92 Å². The van der Waals surface area contributed by atoms with E-state index < -0.39 is 0 Å². The van der Waals surface area contributed by atoms with Crippen LogP contribution < -0.4 is 5.32 Å². The lowest BCUT2D eigenvalue weighted by Crippen LogP contribution is -2.16. The molecule has 126 valence electrons.